The van der Waals surface area contributed by atoms with Crippen molar-refractivity contribution in [2.24, 2.45) is 0 Å². The molecule has 2 aromatic carbocycles. The molecule has 0 saturated carbocycles. The zero-order chi connectivity index (χ0) is 20.3. The largest absolute Gasteiger partial charge is 0.220 e. The van der Waals surface area contributed by atoms with Gasteiger partial charge in [0.2, 0.25) is 19.7 Å². The van der Waals surface area contributed by atoms with Crippen molar-refractivity contribution in [2.45, 2.75) is 9.79 Å². The summed E-state index contributed by atoms with van der Waals surface area (Å²) < 4.78 is 72.3. The highest BCUT2D eigenvalue weighted by Gasteiger charge is 2.14. The van der Waals surface area contributed by atoms with E-state index in [4.69, 9.17) is 23.2 Å². The van der Waals surface area contributed by atoms with Crippen molar-refractivity contribution in [1.29, 1.82) is 0 Å². The van der Waals surface area contributed by atoms with Crippen molar-refractivity contribution in [3.63, 3.8) is 0 Å². The van der Waals surface area contributed by atoms with Crippen LogP contribution < -0.4 is 0 Å². The van der Waals surface area contributed by atoms with Gasteiger partial charge in [0, 0.05) is 31.7 Å². The fourth-order valence-corrected chi connectivity index (χ4v) is 5.85. The minimum absolute atomic E-state index is 0.156. The van der Waals surface area contributed by atoms with Gasteiger partial charge < -0.3 is 0 Å². The molecule has 11 heteroatoms. The first-order valence-electron chi connectivity index (χ1n) is 7.04. The van der Waals surface area contributed by atoms with E-state index in [0.717, 1.165) is 0 Å². The molecule has 0 saturated heterocycles. The summed E-state index contributed by atoms with van der Waals surface area (Å²) in [5, 5.41) is 2.41. The Morgan fingerprint density at radius 3 is 1.11 bits per heavy atom. The Kier molecular flexibility index (Phi) is 6.54. The van der Waals surface area contributed by atoms with Crippen LogP contribution in [0.5, 0.6) is 0 Å². The fourth-order valence-electron chi connectivity index (χ4n) is 1.75. The molecule has 0 aliphatic rings. The molecule has 0 unspecified atom stereocenters. The molecular weight excluding hydrogens is 455 g/mol. The lowest BCUT2D eigenvalue weighted by molar-refractivity contribution is 0.603. The quantitative estimate of drug-likeness (QED) is 0.643. The third-order valence-corrected chi connectivity index (χ3v) is 7.86. The zero-order valence-corrected chi connectivity index (χ0v) is 17.3. The molecule has 0 bridgehead atoms. The molecule has 0 aromatic heterocycles. The maximum Gasteiger partial charge on any atom is 0.200 e. The van der Waals surface area contributed by atoms with Gasteiger partial charge in [-0.3, -0.25) is 0 Å². The Hall–Kier alpha value is -1.65. The molecule has 2 aromatic rings. The lowest BCUT2D eigenvalue weighted by Crippen LogP contribution is -2.00. The molecule has 0 aliphatic heterocycles. The number of halogens is 2. The number of benzene rings is 2. The highest BCUT2D eigenvalue weighted by Crippen LogP contribution is 2.18. The molecule has 6 nitrogen and oxygen atoms in total. The van der Waals surface area contributed by atoms with Crippen LogP contribution in [0.15, 0.2) is 80.0 Å². The Morgan fingerprint density at radius 2 is 0.815 bits per heavy atom. The van der Waals surface area contributed by atoms with Gasteiger partial charge >= 0.3 is 0 Å². The van der Waals surface area contributed by atoms with Crippen molar-refractivity contribution < 1.29 is 25.3 Å². The maximum absolute atomic E-state index is 12.1. The Labute approximate surface area is 167 Å². The molecule has 144 valence electrons. The van der Waals surface area contributed by atoms with Crippen molar-refractivity contribution in [2.75, 3.05) is 0 Å². The highest BCUT2D eigenvalue weighted by molar-refractivity contribution is 8.00. The second-order valence-electron chi connectivity index (χ2n) is 5.13. The molecule has 0 atom stereocenters. The summed E-state index contributed by atoms with van der Waals surface area (Å²) in [5.41, 5.74) is 0. The first-order valence-corrected chi connectivity index (χ1v) is 12.5. The fraction of sp³-hybridized carbons (Fsp3) is 0. The van der Waals surface area contributed by atoms with E-state index in [-0.39, 0.29) is 9.79 Å². The van der Waals surface area contributed by atoms with E-state index in [2.05, 4.69) is 0 Å². The van der Waals surface area contributed by atoms with Gasteiger partial charge in [-0.2, -0.15) is 0 Å². The third kappa shape index (κ3) is 6.18. The lowest BCUT2D eigenvalue weighted by Gasteiger charge is -2.00. The number of sulfone groups is 3. The normalized spacial score (nSPS) is 13.4. The van der Waals surface area contributed by atoms with Gasteiger partial charge in [0.1, 0.15) is 0 Å². The first-order chi connectivity index (χ1) is 12.4. The minimum atomic E-state index is -4.25. The highest BCUT2D eigenvalue weighted by atomic mass is 35.5. The van der Waals surface area contributed by atoms with Crippen molar-refractivity contribution in [1.82, 2.24) is 0 Å². The van der Waals surface area contributed by atoms with Gasteiger partial charge in [-0.05, 0) is 48.5 Å². The van der Waals surface area contributed by atoms with Crippen molar-refractivity contribution in [3.05, 3.63) is 80.2 Å². The first kappa shape index (κ1) is 21.6. The molecule has 0 aliphatic carbocycles. The summed E-state index contributed by atoms with van der Waals surface area (Å²) >= 11 is 11.3. The molecule has 0 amide bonds. The summed E-state index contributed by atoms with van der Waals surface area (Å²) in [4.78, 5) is -0.313. The minimum Gasteiger partial charge on any atom is -0.220 e. The lowest BCUT2D eigenvalue weighted by atomic mass is 10.4. The number of rotatable bonds is 6. The van der Waals surface area contributed by atoms with E-state index in [1.807, 2.05) is 0 Å². The van der Waals surface area contributed by atoms with Crippen LogP contribution in [0.3, 0.4) is 0 Å². The maximum atomic E-state index is 12.1. The smallest absolute Gasteiger partial charge is 0.200 e. The monoisotopic (exact) mass is 466 g/mol. The Balaban J connectivity index is 2.25. The van der Waals surface area contributed by atoms with E-state index in [9.17, 15) is 25.3 Å². The molecule has 27 heavy (non-hydrogen) atoms. The topological polar surface area (TPSA) is 102 Å². The van der Waals surface area contributed by atoms with Crippen LogP contribution in [0, 0.1) is 0 Å². The predicted octanol–water partition coefficient (Wildman–Crippen LogP) is 3.60. The van der Waals surface area contributed by atoms with E-state index < -0.39 is 29.5 Å². The molecule has 0 fully saturated rings. The van der Waals surface area contributed by atoms with Crippen LogP contribution in [0.1, 0.15) is 0 Å². The Bertz CT molecular complexity index is 1100. The van der Waals surface area contributed by atoms with Crippen LogP contribution in [-0.2, 0) is 29.5 Å². The predicted molar refractivity (Wildman–Crippen MR) is 104 cm³/mol. The van der Waals surface area contributed by atoms with Gasteiger partial charge in [-0.25, -0.2) is 25.3 Å². The summed E-state index contributed by atoms with van der Waals surface area (Å²) in [7, 11) is -12.3. The SMILES string of the molecule is O=S(=O)(/C=C/S(=O)(=O)c1ccc(Cl)cc1)/C=C/S(=O)(=O)c1ccc(Cl)cc1. The van der Waals surface area contributed by atoms with Crippen molar-refractivity contribution in [3.8, 4) is 0 Å². The number of hydrogen-bond acceptors (Lipinski definition) is 6. The number of hydrogen-bond donors (Lipinski definition) is 0. The molecule has 0 spiro atoms. The molecule has 0 N–H and O–H groups in total. The van der Waals surface area contributed by atoms with Gasteiger partial charge in [0.05, 0.1) is 9.79 Å². The third-order valence-electron chi connectivity index (χ3n) is 3.13. The summed E-state index contributed by atoms with van der Waals surface area (Å²) in [6, 6.07) is 10.2. The van der Waals surface area contributed by atoms with Gasteiger partial charge in [-0.1, -0.05) is 23.2 Å². The van der Waals surface area contributed by atoms with Gasteiger partial charge in [0.25, 0.3) is 0 Å². The van der Waals surface area contributed by atoms with Crippen LogP contribution in [0.4, 0.5) is 0 Å². The van der Waals surface area contributed by atoms with Crippen LogP contribution in [0.25, 0.3) is 0 Å². The average Bonchev–Trinajstić information content (AvgIpc) is 2.60. The van der Waals surface area contributed by atoms with Crippen molar-refractivity contribution >= 4 is 52.7 Å². The average molecular weight is 467 g/mol. The van der Waals surface area contributed by atoms with Gasteiger partial charge in [-0.15, -0.1) is 0 Å². The summed E-state index contributed by atoms with van der Waals surface area (Å²) in [6.07, 6.45) is 0. The molecule has 0 radical (unpaired) electrons. The van der Waals surface area contributed by atoms with Gasteiger partial charge in [0.15, 0.2) is 9.84 Å². The zero-order valence-electron chi connectivity index (χ0n) is 13.4. The van der Waals surface area contributed by atoms with Crippen LogP contribution in [0.2, 0.25) is 10.0 Å². The second kappa shape index (κ2) is 8.15. The summed E-state index contributed by atoms with van der Waals surface area (Å²) in [6.45, 7) is 0. The Morgan fingerprint density at radius 1 is 0.519 bits per heavy atom. The molecular formula is C16H12Cl2O6S3. The summed E-state index contributed by atoms with van der Waals surface area (Å²) in [5.74, 6) is 0. The van der Waals surface area contributed by atoms with Crippen LogP contribution in [-0.4, -0.2) is 25.3 Å². The molecule has 0 heterocycles. The van der Waals surface area contributed by atoms with E-state index >= 15 is 0 Å². The second-order valence-corrected chi connectivity index (χ2v) is 11.4. The molecule has 2 rings (SSSR count). The van der Waals surface area contributed by atoms with Crippen LogP contribution >= 0.6 is 23.2 Å². The van der Waals surface area contributed by atoms with E-state index in [1.54, 1.807) is 0 Å². The standard InChI is InChI=1S/C16H12Cl2O6S3/c17-13-1-5-15(6-2-13)26(21,22)11-9-25(19,20)10-12-27(23,24)16-7-3-14(18)4-8-16/h1-12H/b11-9+,12-10+. The van der Waals surface area contributed by atoms with E-state index in [0.29, 0.717) is 31.7 Å². The van der Waals surface area contributed by atoms with E-state index in [1.165, 1.54) is 48.5 Å².